The van der Waals surface area contributed by atoms with Gasteiger partial charge in [-0.25, -0.2) is 0 Å². The number of alkyl halides is 1. The molecule has 0 spiro atoms. The smallest absolute Gasteiger partial charge is 0.394 e. The summed E-state index contributed by atoms with van der Waals surface area (Å²) in [5.41, 5.74) is 0.331. The molecule has 0 N–H and O–H groups in total. The first-order chi connectivity index (χ1) is 10.0. The van der Waals surface area contributed by atoms with E-state index in [1.165, 1.54) is 0 Å². The molecule has 1 unspecified atom stereocenters. The highest BCUT2D eigenvalue weighted by molar-refractivity contribution is 6.88. The van der Waals surface area contributed by atoms with Crippen molar-refractivity contribution in [2.24, 2.45) is 0 Å². The molecule has 0 heterocycles. The van der Waals surface area contributed by atoms with Crippen LogP contribution in [0, 0.1) is 0 Å². The summed E-state index contributed by atoms with van der Waals surface area (Å²) in [6.07, 6.45) is 0. The predicted octanol–water partition coefficient (Wildman–Crippen LogP) is 3.26. The lowest BCUT2D eigenvalue weighted by Gasteiger charge is -2.41. The summed E-state index contributed by atoms with van der Waals surface area (Å²) in [6, 6.07) is 0. The lowest BCUT2D eigenvalue weighted by molar-refractivity contribution is 0.0613. The Morgan fingerprint density at radius 2 is 1.05 bits per heavy atom. The van der Waals surface area contributed by atoms with Crippen molar-refractivity contribution >= 4 is 29.0 Å². The Labute approximate surface area is 136 Å². The van der Waals surface area contributed by atoms with Crippen molar-refractivity contribution in [1.82, 2.24) is 0 Å². The van der Waals surface area contributed by atoms with Crippen LogP contribution in [0.2, 0.25) is 5.16 Å². The molecule has 128 valence electrons. The summed E-state index contributed by atoms with van der Waals surface area (Å²) in [5.74, 6) is 0. The maximum Gasteiger partial charge on any atom is 0.505 e. The van der Waals surface area contributed by atoms with Crippen LogP contribution in [-0.2, 0) is 22.1 Å². The molecule has 0 aromatic carbocycles. The predicted molar refractivity (Wildman–Crippen MR) is 89.8 cm³/mol. The molecule has 0 bridgehead atoms. The summed E-state index contributed by atoms with van der Waals surface area (Å²) in [6.45, 7) is 14.5. The van der Waals surface area contributed by atoms with E-state index in [1.54, 1.807) is 0 Å². The second kappa shape index (κ2) is 11.1. The highest BCUT2D eigenvalue weighted by Gasteiger charge is 2.60. The summed E-state index contributed by atoms with van der Waals surface area (Å²) in [7, 11) is -5.57. The second-order valence-corrected chi connectivity index (χ2v) is 12.1. The quantitative estimate of drug-likeness (QED) is 0.373. The Balaban J connectivity index is 5.57. The highest BCUT2D eigenvalue weighted by Crippen LogP contribution is 2.36. The summed E-state index contributed by atoms with van der Waals surface area (Å²) < 4.78 is 30.0. The van der Waals surface area contributed by atoms with E-state index in [0.717, 1.165) is 0 Å². The number of rotatable bonds is 13. The maximum atomic E-state index is 6.25. The molecule has 5 nitrogen and oxygen atoms in total. The third-order valence-corrected chi connectivity index (χ3v) is 13.1. The van der Waals surface area contributed by atoms with E-state index < -0.39 is 17.4 Å². The zero-order valence-corrected chi connectivity index (χ0v) is 17.0. The lowest BCUT2D eigenvalue weighted by Crippen LogP contribution is -2.63. The van der Waals surface area contributed by atoms with E-state index in [-0.39, 0.29) is 5.16 Å². The van der Waals surface area contributed by atoms with Gasteiger partial charge in [-0.2, -0.15) is 0 Å². The largest absolute Gasteiger partial charge is 0.505 e. The van der Waals surface area contributed by atoms with Gasteiger partial charge in [0.1, 0.15) is 0 Å². The van der Waals surface area contributed by atoms with Crippen LogP contribution in [0.4, 0.5) is 0 Å². The van der Waals surface area contributed by atoms with Crippen molar-refractivity contribution in [3.8, 4) is 0 Å². The SMILES string of the molecule is CCO[Si](CCl)(OCC)C(C)[Si](OCC)(OCC)OCC. The number of halogens is 1. The standard InChI is InChI=1S/C13H31ClO5Si2/c1-7-15-20(12-14,16-8-2)13(6)21(17-9-3,18-10-4)19-11-5/h13H,7-12H2,1-6H3. The zero-order chi connectivity index (χ0) is 16.4. The normalized spacial score (nSPS) is 14.4. The van der Waals surface area contributed by atoms with Gasteiger partial charge >= 0.3 is 17.4 Å². The molecule has 8 heteroatoms. The van der Waals surface area contributed by atoms with Gasteiger partial charge in [-0.15, -0.1) is 11.6 Å². The van der Waals surface area contributed by atoms with Crippen molar-refractivity contribution in [2.45, 2.75) is 46.7 Å². The van der Waals surface area contributed by atoms with Crippen LogP contribution in [0.3, 0.4) is 0 Å². The minimum Gasteiger partial charge on any atom is -0.394 e. The Morgan fingerprint density at radius 3 is 1.29 bits per heavy atom. The molecule has 0 aliphatic rings. The van der Waals surface area contributed by atoms with Gasteiger partial charge < -0.3 is 22.1 Å². The van der Waals surface area contributed by atoms with Crippen LogP contribution in [0.15, 0.2) is 0 Å². The van der Waals surface area contributed by atoms with Gasteiger partial charge in [0.15, 0.2) is 0 Å². The highest BCUT2D eigenvalue weighted by atomic mass is 35.5. The molecule has 0 saturated carbocycles. The van der Waals surface area contributed by atoms with Crippen molar-refractivity contribution in [3.05, 3.63) is 0 Å². The number of hydrogen-bond acceptors (Lipinski definition) is 5. The molecule has 0 aliphatic heterocycles. The minimum absolute atomic E-state index is 0.0951. The molecule has 0 aliphatic carbocycles. The van der Waals surface area contributed by atoms with E-state index in [1.807, 2.05) is 41.5 Å². The van der Waals surface area contributed by atoms with E-state index >= 15 is 0 Å². The molecule has 0 rings (SSSR count). The third kappa shape index (κ3) is 5.58. The Bertz CT molecular complexity index is 248. The van der Waals surface area contributed by atoms with E-state index in [9.17, 15) is 0 Å². The monoisotopic (exact) mass is 358 g/mol. The number of hydrogen-bond donors (Lipinski definition) is 0. The Hall–Kier alpha value is 0.524. The van der Waals surface area contributed by atoms with E-state index in [0.29, 0.717) is 38.5 Å². The second-order valence-electron chi connectivity index (χ2n) is 4.44. The summed E-state index contributed by atoms with van der Waals surface area (Å²) in [5, 5.41) is -0.0951. The van der Waals surface area contributed by atoms with Crippen LogP contribution in [0.25, 0.3) is 0 Å². The van der Waals surface area contributed by atoms with Gasteiger partial charge in [-0.05, 0) is 34.6 Å². The first-order valence-corrected chi connectivity index (χ1v) is 12.2. The topological polar surface area (TPSA) is 46.2 Å². The lowest BCUT2D eigenvalue weighted by atomic mass is 10.9. The molecule has 0 aromatic rings. The maximum absolute atomic E-state index is 6.25. The minimum atomic E-state index is -2.90. The average Bonchev–Trinajstić information content (AvgIpc) is 2.46. The Morgan fingerprint density at radius 1 is 0.714 bits per heavy atom. The summed E-state index contributed by atoms with van der Waals surface area (Å²) >= 11 is 6.25. The van der Waals surface area contributed by atoms with Gasteiger partial charge in [0.25, 0.3) is 0 Å². The van der Waals surface area contributed by atoms with Crippen molar-refractivity contribution < 1.29 is 22.1 Å². The summed E-state index contributed by atoms with van der Waals surface area (Å²) in [4.78, 5) is 0. The molecule has 0 fully saturated rings. The van der Waals surface area contributed by atoms with Gasteiger partial charge in [0.2, 0.25) is 0 Å². The fourth-order valence-corrected chi connectivity index (χ4v) is 11.8. The molecule has 21 heavy (non-hydrogen) atoms. The van der Waals surface area contributed by atoms with Crippen LogP contribution in [0.5, 0.6) is 0 Å². The first-order valence-electron chi connectivity index (χ1n) is 7.78. The van der Waals surface area contributed by atoms with Crippen LogP contribution < -0.4 is 0 Å². The van der Waals surface area contributed by atoms with Crippen LogP contribution >= 0.6 is 11.6 Å². The zero-order valence-electron chi connectivity index (χ0n) is 14.2. The van der Waals surface area contributed by atoms with Gasteiger partial charge in [-0.3, -0.25) is 0 Å². The van der Waals surface area contributed by atoms with Crippen LogP contribution in [0.1, 0.15) is 41.5 Å². The van der Waals surface area contributed by atoms with Crippen LogP contribution in [-0.4, -0.2) is 55.9 Å². The molecule has 1 atom stereocenters. The Kier molecular flexibility index (Phi) is 11.4. The van der Waals surface area contributed by atoms with Crippen molar-refractivity contribution in [2.75, 3.05) is 38.5 Å². The fourth-order valence-electron chi connectivity index (χ4n) is 2.35. The van der Waals surface area contributed by atoms with E-state index in [2.05, 4.69) is 0 Å². The molecule has 0 radical (unpaired) electrons. The van der Waals surface area contributed by atoms with Gasteiger partial charge in [0.05, 0.1) is 10.7 Å². The fraction of sp³-hybridized carbons (Fsp3) is 1.00. The molecular formula is C13H31ClO5Si2. The molecule has 0 amide bonds. The molecule has 0 saturated heterocycles. The van der Waals surface area contributed by atoms with Crippen molar-refractivity contribution in [1.29, 1.82) is 0 Å². The molecule has 0 aromatic heterocycles. The first kappa shape index (κ1) is 21.5. The van der Waals surface area contributed by atoms with Crippen molar-refractivity contribution in [3.63, 3.8) is 0 Å². The van der Waals surface area contributed by atoms with Gasteiger partial charge in [0, 0.05) is 33.0 Å². The van der Waals surface area contributed by atoms with E-state index in [4.69, 9.17) is 33.7 Å². The van der Waals surface area contributed by atoms with Gasteiger partial charge in [-0.1, -0.05) is 6.92 Å². The average molecular weight is 359 g/mol. The molecular weight excluding hydrogens is 328 g/mol. The third-order valence-electron chi connectivity index (χ3n) is 3.19.